The monoisotopic (exact) mass is 266 g/mol. The van der Waals surface area contributed by atoms with Gasteiger partial charge in [0.05, 0.1) is 25.1 Å². The number of hydrogen-bond acceptors (Lipinski definition) is 5. The second-order valence-corrected chi connectivity index (χ2v) is 6.16. The average Bonchev–Trinajstić information content (AvgIpc) is 2.29. The van der Waals surface area contributed by atoms with Crippen LogP contribution in [-0.4, -0.2) is 63.5 Å². The highest BCUT2D eigenvalue weighted by Crippen LogP contribution is 2.16. The van der Waals surface area contributed by atoms with E-state index in [1.165, 1.54) is 4.31 Å². The van der Waals surface area contributed by atoms with Gasteiger partial charge in [-0.25, -0.2) is 8.42 Å². The minimum atomic E-state index is -3.28. The van der Waals surface area contributed by atoms with Crippen LogP contribution in [0.3, 0.4) is 0 Å². The zero-order chi connectivity index (χ0) is 12.9. The van der Waals surface area contributed by atoms with Crippen LogP contribution in [0.5, 0.6) is 0 Å². The van der Waals surface area contributed by atoms with Crippen molar-refractivity contribution in [2.75, 3.05) is 38.7 Å². The molecule has 1 saturated heterocycles. The molecule has 0 radical (unpaired) electrons. The van der Waals surface area contributed by atoms with Gasteiger partial charge in [-0.3, -0.25) is 0 Å². The third-order valence-electron chi connectivity index (χ3n) is 2.76. The summed E-state index contributed by atoms with van der Waals surface area (Å²) in [7, 11) is -3.28. The summed E-state index contributed by atoms with van der Waals surface area (Å²) in [6.45, 7) is 5.52. The van der Waals surface area contributed by atoms with E-state index in [1.807, 2.05) is 13.8 Å². The molecule has 1 aliphatic heterocycles. The summed E-state index contributed by atoms with van der Waals surface area (Å²) in [6.07, 6.45) is -0.201. The molecule has 0 aliphatic carbocycles. The maximum Gasteiger partial charge on any atom is 0.216 e. The van der Waals surface area contributed by atoms with Crippen molar-refractivity contribution in [3.05, 3.63) is 0 Å². The summed E-state index contributed by atoms with van der Waals surface area (Å²) in [5, 5.41) is 0. The average molecular weight is 266 g/mol. The van der Waals surface area contributed by atoms with Gasteiger partial charge < -0.3 is 15.2 Å². The Morgan fingerprint density at radius 2 is 2.24 bits per heavy atom. The summed E-state index contributed by atoms with van der Waals surface area (Å²) in [4.78, 5) is 0. The first kappa shape index (κ1) is 14.8. The maximum absolute atomic E-state index is 12.1. The fourth-order valence-corrected chi connectivity index (χ4v) is 3.31. The second-order valence-electron chi connectivity index (χ2n) is 4.12. The fourth-order valence-electron chi connectivity index (χ4n) is 1.75. The molecule has 7 heteroatoms. The molecule has 1 rings (SSSR count). The van der Waals surface area contributed by atoms with Crippen molar-refractivity contribution in [2.24, 2.45) is 5.73 Å². The highest BCUT2D eigenvalue weighted by molar-refractivity contribution is 7.89. The lowest BCUT2D eigenvalue weighted by molar-refractivity contribution is -0.0221. The quantitative estimate of drug-likeness (QED) is 0.649. The first-order valence-corrected chi connectivity index (χ1v) is 7.51. The van der Waals surface area contributed by atoms with Crippen LogP contribution in [-0.2, 0) is 19.5 Å². The van der Waals surface area contributed by atoms with Crippen LogP contribution in [0, 0.1) is 0 Å². The lowest BCUT2D eigenvalue weighted by Crippen LogP contribution is -2.53. The number of ether oxygens (including phenoxy) is 2. The Morgan fingerprint density at radius 1 is 1.53 bits per heavy atom. The molecule has 0 aromatic rings. The van der Waals surface area contributed by atoms with Crippen molar-refractivity contribution in [3.63, 3.8) is 0 Å². The lowest BCUT2D eigenvalue weighted by atomic mass is 10.2. The van der Waals surface area contributed by atoms with Gasteiger partial charge in [0.25, 0.3) is 0 Å². The van der Waals surface area contributed by atoms with Crippen LogP contribution in [0.1, 0.15) is 13.8 Å². The molecule has 0 saturated carbocycles. The summed E-state index contributed by atoms with van der Waals surface area (Å²) >= 11 is 0. The Balaban J connectivity index is 2.61. The van der Waals surface area contributed by atoms with Gasteiger partial charge >= 0.3 is 0 Å². The van der Waals surface area contributed by atoms with Crippen LogP contribution in [0.15, 0.2) is 0 Å². The van der Waals surface area contributed by atoms with Gasteiger partial charge in [-0.2, -0.15) is 4.31 Å². The summed E-state index contributed by atoms with van der Waals surface area (Å²) < 4.78 is 36.2. The summed E-state index contributed by atoms with van der Waals surface area (Å²) in [5.41, 5.74) is 5.50. The van der Waals surface area contributed by atoms with Crippen molar-refractivity contribution >= 4 is 10.0 Å². The molecule has 0 bridgehead atoms. The van der Waals surface area contributed by atoms with Crippen LogP contribution < -0.4 is 5.73 Å². The lowest BCUT2D eigenvalue weighted by Gasteiger charge is -2.36. The van der Waals surface area contributed by atoms with Gasteiger partial charge in [0, 0.05) is 25.7 Å². The van der Waals surface area contributed by atoms with Gasteiger partial charge in [-0.1, -0.05) is 0 Å². The first-order valence-electron chi connectivity index (χ1n) is 5.90. The maximum atomic E-state index is 12.1. The molecule has 6 nitrogen and oxygen atoms in total. The minimum Gasteiger partial charge on any atom is -0.381 e. The molecule has 2 N–H and O–H groups in total. The van der Waals surface area contributed by atoms with Gasteiger partial charge in [0.2, 0.25) is 10.0 Å². The molecule has 2 atom stereocenters. The molecule has 102 valence electrons. The van der Waals surface area contributed by atoms with Crippen molar-refractivity contribution < 1.29 is 17.9 Å². The van der Waals surface area contributed by atoms with E-state index >= 15 is 0 Å². The Kier molecular flexibility index (Phi) is 5.81. The zero-order valence-corrected chi connectivity index (χ0v) is 11.3. The highest BCUT2D eigenvalue weighted by Gasteiger charge is 2.33. The Hall–Kier alpha value is -0.210. The van der Waals surface area contributed by atoms with Gasteiger partial charge in [0.1, 0.15) is 0 Å². The molecular weight excluding hydrogens is 244 g/mol. The topological polar surface area (TPSA) is 81.9 Å². The number of sulfonamides is 1. The summed E-state index contributed by atoms with van der Waals surface area (Å²) in [6, 6.07) is -0.135. The number of morpholine rings is 1. The Bertz CT molecular complexity index is 320. The molecule has 17 heavy (non-hydrogen) atoms. The SMILES string of the molecule is CCOCCS(=O)(=O)N1CC(CN)OCC1C. The highest BCUT2D eigenvalue weighted by atomic mass is 32.2. The Labute approximate surface area is 103 Å². The van der Waals surface area contributed by atoms with Crippen LogP contribution >= 0.6 is 0 Å². The molecule has 0 aromatic heterocycles. The van der Waals surface area contributed by atoms with E-state index in [4.69, 9.17) is 15.2 Å². The molecule has 1 fully saturated rings. The van der Waals surface area contributed by atoms with Crippen LogP contribution in [0.4, 0.5) is 0 Å². The van der Waals surface area contributed by atoms with E-state index in [0.29, 0.717) is 26.3 Å². The fraction of sp³-hybridized carbons (Fsp3) is 1.00. The van der Waals surface area contributed by atoms with E-state index in [-0.39, 0.29) is 24.5 Å². The minimum absolute atomic E-state index is 0.0163. The number of nitrogens with two attached hydrogens (primary N) is 1. The van der Waals surface area contributed by atoms with Gasteiger partial charge in [-0.15, -0.1) is 0 Å². The number of hydrogen-bond donors (Lipinski definition) is 1. The molecule has 0 aromatic carbocycles. The number of rotatable bonds is 6. The Morgan fingerprint density at radius 3 is 2.82 bits per heavy atom. The van der Waals surface area contributed by atoms with E-state index in [0.717, 1.165) is 0 Å². The van der Waals surface area contributed by atoms with Crippen molar-refractivity contribution in [1.29, 1.82) is 0 Å². The van der Waals surface area contributed by atoms with Crippen LogP contribution in [0.25, 0.3) is 0 Å². The predicted molar refractivity (Wildman–Crippen MR) is 65.2 cm³/mol. The van der Waals surface area contributed by atoms with Gasteiger partial charge in [-0.05, 0) is 13.8 Å². The van der Waals surface area contributed by atoms with E-state index in [2.05, 4.69) is 0 Å². The zero-order valence-electron chi connectivity index (χ0n) is 10.5. The third-order valence-corrected chi connectivity index (χ3v) is 4.66. The normalized spacial score (nSPS) is 27.2. The molecule has 1 heterocycles. The van der Waals surface area contributed by atoms with Gasteiger partial charge in [0.15, 0.2) is 0 Å². The molecule has 0 spiro atoms. The summed E-state index contributed by atoms with van der Waals surface area (Å²) in [5.74, 6) is 0.0163. The largest absolute Gasteiger partial charge is 0.381 e. The standard InChI is InChI=1S/C10H22N2O4S/c1-3-15-4-5-17(13,14)12-7-10(6-11)16-8-9(12)2/h9-10H,3-8,11H2,1-2H3. The predicted octanol–water partition coefficient (Wildman–Crippen LogP) is -0.599. The molecule has 0 amide bonds. The molecule has 2 unspecified atom stereocenters. The molecular formula is C10H22N2O4S. The van der Waals surface area contributed by atoms with Crippen LogP contribution in [0.2, 0.25) is 0 Å². The third kappa shape index (κ3) is 4.18. The van der Waals surface area contributed by atoms with E-state index < -0.39 is 10.0 Å². The molecule has 1 aliphatic rings. The first-order chi connectivity index (χ1) is 8.01. The second kappa shape index (κ2) is 6.65. The van der Waals surface area contributed by atoms with E-state index in [9.17, 15) is 8.42 Å². The van der Waals surface area contributed by atoms with Crippen molar-refractivity contribution in [1.82, 2.24) is 4.31 Å². The number of nitrogens with zero attached hydrogens (tertiary/aromatic N) is 1. The smallest absolute Gasteiger partial charge is 0.216 e. The van der Waals surface area contributed by atoms with E-state index in [1.54, 1.807) is 0 Å². The van der Waals surface area contributed by atoms with Crippen molar-refractivity contribution in [3.8, 4) is 0 Å². The van der Waals surface area contributed by atoms with Crippen molar-refractivity contribution in [2.45, 2.75) is 26.0 Å².